The molecule has 0 fully saturated rings. The number of carboxylic acid groups (broad SMARTS) is 2. The number of hydrogen-bond acceptors (Lipinski definition) is 5. The number of alkyl carbamates (subject to hydrolysis) is 1. The van der Waals surface area contributed by atoms with Gasteiger partial charge >= 0.3 is 18.0 Å². The number of nitrogens with one attached hydrogen (secondary N) is 2. The van der Waals surface area contributed by atoms with E-state index in [4.69, 9.17) is 14.9 Å². The van der Waals surface area contributed by atoms with E-state index in [0.717, 1.165) is 0 Å². The summed E-state index contributed by atoms with van der Waals surface area (Å²) in [5.74, 6) is -3.15. The van der Waals surface area contributed by atoms with Gasteiger partial charge in [-0.2, -0.15) is 0 Å². The summed E-state index contributed by atoms with van der Waals surface area (Å²) in [5.41, 5.74) is -0.742. The van der Waals surface area contributed by atoms with Gasteiger partial charge in [0.1, 0.15) is 17.7 Å². The molecule has 9 nitrogen and oxygen atoms in total. The van der Waals surface area contributed by atoms with E-state index in [2.05, 4.69) is 10.6 Å². The van der Waals surface area contributed by atoms with Gasteiger partial charge in [0, 0.05) is 6.42 Å². The number of carboxylic acids is 2. The minimum Gasteiger partial charge on any atom is -0.481 e. The van der Waals surface area contributed by atoms with Crippen LogP contribution in [0.25, 0.3) is 0 Å². The van der Waals surface area contributed by atoms with Crippen molar-refractivity contribution in [2.45, 2.75) is 71.6 Å². The molecule has 0 aliphatic heterocycles. The van der Waals surface area contributed by atoms with Crippen LogP contribution in [0.15, 0.2) is 0 Å². The Hall–Kier alpha value is -2.32. The number of rotatable bonds is 9. The van der Waals surface area contributed by atoms with Crippen LogP contribution in [-0.2, 0) is 19.1 Å². The van der Waals surface area contributed by atoms with Crippen molar-refractivity contribution < 1.29 is 34.1 Å². The molecule has 0 saturated carbocycles. The number of carbonyl (C=O) groups is 4. The molecule has 9 heteroatoms. The summed E-state index contributed by atoms with van der Waals surface area (Å²) in [5, 5.41) is 22.5. The van der Waals surface area contributed by atoms with Crippen LogP contribution >= 0.6 is 0 Å². The Labute approximate surface area is 147 Å². The van der Waals surface area contributed by atoms with Crippen LogP contribution in [0.1, 0.15) is 53.9 Å². The molecule has 0 aliphatic carbocycles. The Balaban J connectivity index is 4.99. The Morgan fingerprint density at radius 3 is 1.96 bits per heavy atom. The molecule has 0 spiro atoms. The van der Waals surface area contributed by atoms with E-state index in [1.54, 1.807) is 20.8 Å². The highest BCUT2D eigenvalue weighted by molar-refractivity contribution is 5.89. The average molecular weight is 360 g/mol. The summed E-state index contributed by atoms with van der Waals surface area (Å²) in [6.45, 7) is 8.72. The molecular weight excluding hydrogens is 332 g/mol. The van der Waals surface area contributed by atoms with Gasteiger partial charge in [0.25, 0.3) is 0 Å². The molecule has 2 atom stereocenters. The first-order valence-electron chi connectivity index (χ1n) is 8.06. The van der Waals surface area contributed by atoms with Gasteiger partial charge in [-0.1, -0.05) is 13.8 Å². The molecule has 0 unspecified atom stereocenters. The maximum Gasteiger partial charge on any atom is 0.408 e. The number of ether oxygens (including phenoxy) is 1. The Kier molecular flexibility index (Phi) is 8.94. The van der Waals surface area contributed by atoms with Crippen molar-refractivity contribution in [1.82, 2.24) is 10.6 Å². The summed E-state index contributed by atoms with van der Waals surface area (Å²) in [6.07, 6.45) is -1.16. The highest BCUT2D eigenvalue weighted by atomic mass is 16.6. The van der Waals surface area contributed by atoms with Crippen LogP contribution in [0.3, 0.4) is 0 Å². The molecule has 0 aromatic heterocycles. The monoisotopic (exact) mass is 360 g/mol. The molecule has 0 radical (unpaired) electrons. The molecule has 0 aromatic carbocycles. The van der Waals surface area contributed by atoms with E-state index in [1.165, 1.54) is 0 Å². The maximum atomic E-state index is 12.3. The molecular formula is C16H28N2O7. The van der Waals surface area contributed by atoms with Gasteiger partial charge in [0.2, 0.25) is 5.91 Å². The third kappa shape index (κ3) is 11.0. The zero-order valence-corrected chi connectivity index (χ0v) is 15.3. The predicted molar refractivity (Wildman–Crippen MR) is 89.0 cm³/mol. The fraction of sp³-hybridized carbons (Fsp3) is 0.750. The molecule has 0 saturated heterocycles. The quantitative estimate of drug-likeness (QED) is 0.486. The largest absolute Gasteiger partial charge is 0.481 e. The van der Waals surface area contributed by atoms with Crippen molar-refractivity contribution >= 4 is 23.9 Å². The molecule has 0 bridgehead atoms. The van der Waals surface area contributed by atoms with Gasteiger partial charge in [0.15, 0.2) is 0 Å². The highest BCUT2D eigenvalue weighted by Crippen LogP contribution is 2.10. The lowest BCUT2D eigenvalue weighted by Gasteiger charge is -2.25. The third-order valence-electron chi connectivity index (χ3n) is 2.98. The topological polar surface area (TPSA) is 142 Å². The summed E-state index contributed by atoms with van der Waals surface area (Å²) >= 11 is 0. The second-order valence-electron chi connectivity index (χ2n) is 7.16. The van der Waals surface area contributed by atoms with E-state index in [-0.39, 0.29) is 18.8 Å². The number of hydrogen-bond donors (Lipinski definition) is 4. The van der Waals surface area contributed by atoms with Crippen LogP contribution in [0.4, 0.5) is 4.79 Å². The van der Waals surface area contributed by atoms with Gasteiger partial charge in [-0.05, 0) is 39.5 Å². The number of aliphatic carboxylic acids is 2. The highest BCUT2D eigenvalue weighted by Gasteiger charge is 2.29. The van der Waals surface area contributed by atoms with E-state index < -0.39 is 48.0 Å². The molecule has 0 aromatic rings. The van der Waals surface area contributed by atoms with E-state index >= 15 is 0 Å². The van der Waals surface area contributed by atoms with E-state index in [0.29, 0.717) is 0 Å². The van der Waals surface area contributed by atoms with Crippen molar-refractivity contribution in [1.29, 1.82) is 0 Å². The standard InChI is InChI=1S/C16H28N2O7/c1-9(2)8-11(18-15(24)25-16(3,4)5)13(21)17-10(14(22)23)6-7-12(19)20/h9-11H,6-8H2,1-5H3,(H,17,21)(H,18,24)(H,19,20)(H,22,23)/t10-,11-/m0/s1. The Morgan fingerprint density at radius 1 is 1.00 bits per heavy atom. The van der Waals surface area contributed by atoms with Crippen LogP contribution in [0.5, 0.6) is 0 Å². The second kappa shape index (κ2) is 9.85. The Morgan fingerprint density at radius 2 is 1.56 bits per heavy atom. The molecule has 4 N–H and O–H groups in total. The normalized spacial score (nSPS) is 13.7. The minimum absolute atomic E-state index is 0.0491. The Bertz CT molecular complexity index is 497. The van der Waals surface area contributed by atoms with Crippen molar-refractivity contribution in [2.24, 2.45) is 5.92 Å². The minimum atomic E-state index is -1.35. The van der Waals surface area contributed by atoms with Crippen molar-refractivity contribution in [2.75, 3.05) is 0 Å². The molecule has 25 heavy (non-hydrogen) atoms. The third-order valence-corrected chi connectivity index (χ3v) is 2.98. The summed E-state index contributed by atoms with van der Waals surface area (Å²) in [7, 11) is 0. The van der Waals surface area contributed by atoms with Gasteiger partial charge in [-0.15, -0.1) is 0 Å². The molecule has 0 heterocycles. The lowest BCUT2D eigenvalue weighted by atomic mass is 10.0. The lowest BCUT2D eigenvalue weighted by Crippen LogP contribution is -2.52. The van der Waals surface area contributed by atoms with Crippen molar-refractivity contribution in [3.05, 3.63) is 0 Å². The fourth-order valence-electron chi connectivity index (χ4n) is 1.95. The lowest BCUT2D eigenvalue weighted by molar-refractivity contribution is -0.143. The molecule has 144 valence electrons. The smallest absolute Gasteiger partial charge is 0.408 e. The number of carbonyl (C=O) groups excluding carboxylic acids is 2. The van der Waals surface area contributed by atoms with E-state index in [1.807, 2.05) is 13.8 Å². The van der Waals surface area contributed by atoms with Crippen LogP contribution < -0.4 is 10.6 Å². The van der Waals surface area contributed by atoms with Gasteiger partial charge in [0.05, 0.1) is 0 Å². The van der Waals surface area contributed by atoms with Crippen LogP contribution in [0, 0.1) is 5.92 Å². The van der Waals surface area contributed by atoms with E-state index in [9.17, 15) is 19.2 Å². The van der Waals surface area contributed by atoms with Gasteiger partial charge in [-0.3, -0.25) is 9.59 Å². The zero-order valence-electron chi connectivity index (χ0n) is 15.3. The maximum absolute atomic E-state index is 12.3. The first kappa shape index (κ1) is 22.7. The summed E-state index contributed by atoms with van der Waals surface area (Å²) in [6, 6.07) is -2.33. The zero-order chi connectivity index (χ0) is 19.8. The second-order valence-corrected chi connectivity index (χ2v) is 7.16. The van der Waals surface area contributed by atoms with Crippen molar-refractivity contribution in [3.8, 4) is 0 Å². The fourth-order valence-corrected chi connectivity index (χ4v) is 1.95. The number of amides is 2. The van der Waals surface area contributed by atoms with Gasteiger partial charge in [-0.25, -0.2) is 9.59 Å². The molecule has 2 amide bonds. The van der Waals surface area contributed by atoms with Gasteiger partial charge < -0.3 is 25.6 Å². The predicted octanol–water partition coefficient (Wildman–Crippen LogP) is 1.36. The summed E-state index contributed by atoms with van der Waals surface area (Å²) in [4.78, 5) is 46.0. The first-order chi connectivity index (χ1) is 11.3. The average Bonchev–Trinajstić information content (AvgIpc) is 2.39. The van der Waals surface area contributed by atoms with Crippen LogP contribution in [0.2, 0.25) is 0 Å². The van der Waals surface area contributed by atoms with Crippen LogP contribution in [-0.4, -0.2) is 51.8 Å². The first-order valence-corrected chi connectivity index (χ1v) is 8.06. The molecule has 0 rings (SSSR count). The molecule has 0 aliphatic rings. The SMILES string of the molecule is CC(C)C[C@H](NC(=O)OC(C)(C)C)C(=O)N[C@@H](CCC(=O)O)C(=O)O. The summed E-state index contributed by atoms with van der Waals surface area (Å²) < 4.78 is 5.11. The van der Waals surface area contributed by atoms with Crippen molar-refractivity contribution in [3.63, 3.8) is 0 Å².